The molecule has 1 atom stereocenters. The fourth-order valence-corrected chi connectivity index (χ4v) is 3.34. The topological polar surface area (TPSA) is 90.5 Å². The van der Waals surface area contributed by atoms with E-state index in [1.165, 1.54) is 0 Å². The van der Waals surface area contributed by atoms with E-state index in [2.05, 4.69) is 16.0 Å². The highest BCUT2D eigenvalue weighted by molar-refractivity contribution is 5.97. The van der Waals surface area contributed by atoms with E-state index in [1.807, 2.05) is 12.1 Å². The van der Waals surface area contributed by atoms with Crippen molar-refractivity contribution in [2.45, 2.75) is 25.8 Å². The zero-order chi connectivity index (χ0) is 18.4. The maximum atomic E-state index is 12.4. The monoisotopic (exact) mass is 358 g/mol. The number of amides is 3. The summed E-state index contributed by atoms with van der Waals surface area (Å²) in [4.78, 5) is 37.3. The Kier molecular flexibility index (Phi) is 6.22. The lowest BCUT2D eigenvalue weighted by molar-refractivity contribution is -0.123. The average Bonchev–Trinajstić information content (AvgIpc) is 3.18. The van der Waals surface area contributed by atoms with Crippen LogP contribution in [-0.2, 0) is 16.1 Å². The number of carbonyl (C=O) groups excluding carboxylic acids is 3. The third-order valence-electron chi connectivity index (χ3n) is 4.96. The number of nitrogens with one attached hydrogen (secondary N) is 3. The van der Waals surface area contributed by atoms with Crippen LogP contribution in [0.4, 0.5) is 0 Å². The van der Waals surface area contributed by atoms with Gasteiger partial charge in [0.05, 0.1) is 6.54 Å². The molecule has 0 bridgehead atoms. The van der Waals surface area contributed by atoms with Gasteiger partial charge in [-0.1, -0.05) is 12.1 Å². The molecule has 0 radical (unpaired) electrons. The van der Waals surface area contributed by atoms with Crippen LogP contribution in [0, 0.1) is 5.92 Å². The number of rotatable bonds is 6. The first-order valence-electron chi connectivity index (χ1n) is 9.24. The molecule has 7 nitrogen and oxygen atoms in total. The minimum absolute atomic E-state index is 0.0661. The van der Waals surface area contributed by atoms with Crippen LogP contribution >= 0.6 is 0 Å². The second kappa shape index (κ2) is 8.80. The predicted octanol–water partition coefficient (Wildman–Crippen LogP) is 0.265. The third-order valence-corrected chi connectivity index (χ3v) is 4.96. The minimum Gasteiger partial charge on any atom is -0.353 e. The minimum atomic E-state index is -0.138. The second-order valence-electron chi connectivity index (χ2n) is 6.95. The summed E-state index contributed by atoms with van der Waals surface area (Å²) in [7, 11) is 0. The molecule has 2 fully saturated rings. The molecule has 0 saturated carbocycles. The van der Waals surface area contributed by atoms with Gasteiger partial charge in [-0.3, -0.25) is 14.4 Å². The summed E-state index contributed by atoms with van der Waals surface area (Å²) in [6.07, 6.45) is 2.64. The number of piperazine rings is 1. The Labute approximate surface area is 153 Å². The van der Waals surface area contributed by atoms with E-state index in [1.54, 1.807) is 17.0 Å². The third kappa shape index (κ3) is 5.05. The van der Waals surface area contributed by atoms with Crippen molar-refractivity contribution in [3.63, 3.8) is 0 Å². The van der Waals surface area contributed by atoms with Gasteiger partial charge in [0, 0.05) is 31.6 Å². The van der Waals surface area contributed by atoms with Crippen LogP contribution in [0.2, 0.25) is 0 Å². The van der Waals surface area contributed by atoms with Crippen LogP contribution in [0.15, 0.2) is 24.3 Å². The molecule has 2 aliphatic rings. The zero-order valence-corrected chi connectivity index (χ0v) is 14.9. The van der Waals surface area contributed by atoms with Crippen molar-refractivity contribution in [3.05, 3.63) is 35.4 Å². The fourth-order valence-electron chi connectivity index (χ4n) is 3.34. The molecule has 3 rings (SSSR count). The Balaban J connectivity index is 1.44. The van der Waals surface area contributed by atoms with Crippen molar-refractivity contribution in [3.8, 4) is 0 Å². The molecule has 3 N–H and O–H groups in total. The maximum absolute atomic E-state index is 12.4. The molecule has 1 aromatic carbocycles. The summed E-state index contributed by atoms with van der Waals surface area (Å²) in [6, 6.07) is 7.19. The van der Waals surface area contributed by atoms with E-state index in [-0.39, 0.29) is 24.3 Å². The number of hydrogen-bond acceptors (Lipinski definition) is 4. The van der Waals surface area contributed by atoms with Crippen molar-refractivity contribution in [1.82, 2.24) is 20.9 Å². The summed E-state index contributed by atoms with van der Waals surface area (Å²) >= 11 is 0. The van der Waals surface area contributed by atoms with E-state index in [0.717, 1.165) is 31.5 Å². The molecule has 2 heterocycles. The summed E-state index contributed by atoms with van der Waals surface area (Å²) in [5, 5.41) is 8.95. The molecule has 2 aliphatic heterocycles. The van der Waals surface area contributed by atoms with Crippen molar-refractivity contribution in [1.29, 1.82) is 0 Å². The van der Waals surface area contributed by atoms with Gasteiger partial charge in [0.2, 0.25) is 11.8 Å². The Bertz CT molecular complexity index is 653. The van der Waals surface area contributed by atoms with E-state index in [4.69, 9.17) is 0 Å². The zero-order valence-electron chi connectivity index (χ0n) is 14.9. The van der Waals surface area contributed by atoms with E-state index in [9.17, 15) is 14.4 Å². The van der Waals surface area contributed by atoms with Crippen molar-refractivity contribution in [2.24, 2.45) is 5.92 Å². The molecular weight excluding hydrogens is 332 g/mol. The number of carbonyl (C=O) groups is 3. The van der Waals surface area contributed by atoms with Gasteiger partial charge in [0.15, 0.2) is 0 Å². The molecule has 7 heteroatoms. The lowest BCUT2D eigenvalue weighted by Crippen LogP contribution is -2.49. The van der Waals surface area contributed by atoms with E-state index >= 15 is 0 Å². The molecule has 26 heavy (non-hydrogen) atoms. The van der Waals surface area contributed by atoms with Crippen LogP contribution < -0.4 is 16.0 Å². The number of hydrogen-bond donors (Lipinski definition) is 3. The standard InChI is InChI=1S/C19H26N4O3/c24-17(6-3-15-7-8-20-11-15)22-12-14-1-4-16(5-2-14)19(26)23-10-9-21-18(25)13-23/h1-2,4-5,15,20H,3,6-13H2,(H,21,25)(H,22,24). The lowest BCUT2D eigenvalue weighted by atomic mass is 10.0. The Hall–Kier alpha value is -2.41. The molecule has 2 saturated heterocycles. The highest BCUT2D eigenvalue weighted by Gasteiger charge is 2.22. The molecule has 0 aliphatic carbocycles. The predicted molar refractivity (Wildman–Crippen MR) is 97.4 cm³/mol. The van der Waals surface area contributed by atoms with Crippen LogP contribution in [0.5, 0.6) is 0 Å². The Morgan fingerprint density at radius 2 is 2.00 bits per heavy atom. The molecule has 1 aromatic rings. The lowest BCUT2D eigenvalue weighted by Gasteiger charge is -2.26. The summed E-state index contributed by atoms with van der Waals surface area (Å²) in [5.41, 5.74) is 1.51. The smallest absolute Gasteiger partial charge is 0.254 e. The van der Waals surface area contributed by atoms with E-state index in [0.29, 0.717) is 37.5 Å². The second-order valence-corrected chi connectivity index (χ2v) is 6.95. The highest BCUT2D eigenvalue weighted by atomic mass is 16.2. The molecular formula is C19H26N4O3. The van der Waals surface area contributed by atoms with Gasteiger partial charge in [-0.05, 0) is 49.5 Å². The van der Waals surface area contributed by atoms with Gasteiger partial charge in [0.25, 0.3) is 5.91 Å². The van der Waals surface area contributed by atoms with Crippen molar-refractivity contribution < 1.29 is 14.4 Å². The molecule has 0 spiro atoms. The van der Waals surface area contributed by atoms with Gasteiger partial charge in [-0.25, -0.2) is 0 Å². The van der Waals surface area contributed by atoms with Crippen LogP contribution in [0.25, 0.3) is 0 Å². The van der Waals surface area contributed by atoms with Gasteiger partial charge >= 0.3 is 0 Å². The van der Waals surface area contributed by atoms with Gasteiger partial charge in [0.1, 0.15) is 0 Å². The normalized spacial score (nSPS) is 19.9. The highest BCUT2D eigenvalue weighted by Crippen LogP contribution is 2.14. The number of nitrogens with zero attached hydrogens (tertiary/aromatic N) is 1. The van der Waals surface area contributed by atoms with Gasteiger partial charge in [-0.2, -0.15) is 0 Å². The maximum Gasteiger partial charge on any atom is 0.254 e. The van der Waals surface area contributed by atoms with Gasteiger partial charge in [-0.15, -0.1) is 0 Å². The quantitative estimate of drug-likeness (QED) is 0.681. The summed E-state index contributed by atoms with van der Waals surface area (Å²) in [6.45, 7) is 3.65. The van der Waals surface area contributed by atoms with Crippen LogP contribution in [0.1, 0.15) is 35.2 Å². The largest absolute Gasteiger partial charge is 0.353 e. The fraction of sp³-hybridized carbons (Fsp3) is 0.526. The van der Waals surface area contributed by atoms with E-state index < -0.39 is 0 Å². The molecule has 1 unspecified atom stereocenters. The first-order valence-corrected chi connectivity index (χ1v) is 9.24. The van der Waals surface area contributed by atoms with Crippen molar-refractivity contribution in [2.75, 3.05) is 32.7 Å². The Morgan fingerprint density at radius 1 is 1.19 bits per heavy atom. The Morgan fingerprint density at radius 3 is 2.69 bits per heavy atom. The summed E-state index contributed by atoms with van der Waals surface area (Å²) in [5.74, 6) is 0.414. The van der Waals surface area contributed by atoms with Gasteiger partial charge < -0.3 is 20.9 Å². The number of benzene rings is 1. The molecule has 0 aromatic heterocycles. The SMILES string of the molecule is O=C(CCC1CCNC1)NCc1ccc(C(=O)N2CCNC(=O)C2)cc1. The van der Waals surface area contributed by atoms with Crippen LogP contribution in [0.3, 0.4) is 0 Å². The summed E-state index contributed by atoms with van der Waals surface area (Å²) < 4.78 is 0. The van der Waals surface area contributed by atoms with Crippen LogP contribution in [-0.4, -0.2) is 55.3 Å². The first-order chi connectivity index (χ1) is 12.6. The molecule has 3 amide bonds. The first kappa shape index (κ1) is 18.4. The van der Waals surface area contributed by atoms with Crippen molar-refractivity contribution >= 4 is 17.7 Å². The average molecular weight is 358 g/mol. The molecule has 140 valence electrons.